The minimum atomic E-state index is -0.0792. The number of likely N-dealkylation sites (tertiary alicyclic amines) is 1. The number of carbonyl (C=O) groups is 1. The summed E-state index contributed by atoms with van der Waals surface area (Å²) in [7, 11) is 0. The number of benzene rings is 1. The van der Waals surface area contributed by atoms with Gasteiger partial charge in [-0.25, -0.2) is 0 Å². The number of nitrogens with zero attached hydrogens (tertiary/aromatic N) is 2. The van der Waals surface area contributed by atoms with Crippen molar-refractivity contribution in [2.75, 3.05) is 26.3 Å². The zero-order valence-electron chi connectivity index (χ0n) is 15.8. The van der Waals surface area contributed by atoms with Gasteiger partial charge >= 0.3 is 5.97 Å². The highest BCUT2D eigenvalue weighted by molar-refractivity contribution is 7.71. The summed E-state index contributed by atoms with van der Waals surface area (Å²) in [6, 6.07) is 7.63. The van der Waals surface area contributed by atoms with Crippen LogP contribution in [-0.4, -0.2) is 42.1 Å². The Morgan fingerprint density at radius 2 is 2.04 bits per heavy atom. The highest BCUT2D eigenvalue weighted by Crippen LogP contribution is 2.28. The van der Waals surface area contributed by atoms with Gasteiger partial charge in [0.25, 0.3) is 10.7 Å². The van der Waals surface area contributed by atoms with Crippen LogP contribution in [0.3, 0.4) is 0 Å². The summed E-state index contributed by atoms with van der Waals surface area (Å²) >= 11 is 5.35. The molecule has 1 N–H and O–H groups in total. The third-order valence-corrected chi connectivity index (χ3v) is 5.00. The molecule has 2 aromatic rings. The minimum Gasteiger partial charge on any atom is -0.493 e. The molecule has 27 heavy (non-hydrogen) atoms. The zero-order chi connectivity index (χ0) is 19.2. The van der Waals surface area contributed by atoms with Crippen LogP contribution < -0.4 is 9.64 Å². The quantitative estimate of drug-likeness (QED) is 0.575. The zero-order valence-corrected chi connectivity index (χ0v) is 16.6. The molecule has 8 heteroatoms. The Hall–Kier alpha value is -2.19. The first-order valence-electron chi connectivity index (χ1n) is 9.42. The Bertz CT molecular complexity index is 824. The molecule has 0 spiro atoms. The van der Waals surface area contributed by atoms with Crippen LogP contribution in [-0.2, 0) is 16.2 Å². The second-order valence-electron chi connectivity index (χ2n) is 6.54. The van der Waals surface area contributed by atoms with E-state index in [9.17, 15) is 4.79 Å². The minimum absolute atomic E-state index is 0.00705. The summed E-state index contributed by atoms with van der Waals surface area (Å²) in [6.45, 7) is 7.16. The topological polar surface area (TPSA) is 70.9 Å². The van der Waals surface area contributed by atoms with Gasteiger partial charge in [0.05, 0.1) is 37.8 Å². The van der Waals surface area contributed by atoms with Crippen LogP contribution >= 0.6 is 12.2 Å². The number of hydrogen-bond donors (Lipinski definition) is 1. The number of piperidine rings is 1. The van der Waals surface area contributed by atoms with Gasteiger partial charge in [0, 0.05) is 12.8 Å². The smallest absolute Gasteiger partial charge is 0.309 e. The summed E-state index contributed by atoms with van der Waals surface area (Å²) in [5, 5.41) is 4.55. The summed E-state index contributed by atoms with van der Waals surface area (Å²) < 4.78 is 18.2. The van der Waals surface area contributed by atoms with Gasteiger partial charge in [-0.1, -0.05) is 12.1 Å². The Balaban J connectivity index is 1.67. The van der Waals surface area contributed by atoms with Crippen LogP contribution in [0.4, 0.5) is 0 Å². The highest BCUT2D eigenvalue weighted by atomic mass is 32.1. The van der Waals surface area contributed by atoms with Gasteiger partial charge < -0.3 is 18.8 Å². The van der Waals surface area contributed by atoms with Crippen molar-refractivity contribution in [3.8, 4) is 17.2 Å². The first-order chi connectivity index (χ1) is 13.1. The van der Waals surface area contributed by atoms with E-state index in [0.29, 0.717) is 30.6 Å². The Labute approximate surface area is 163 Å². The van der Waals surface area contributed by atoms with E-state index in [0.717, 1.165) is 37.2 Å². The second-order valence-corrected chi connectivity index (χ2v) is 6.89. The van der Waals surface area contributed by atoms with E-state index in [4.69, 9.17) is 26.1 Å². The lowest BCUT2D eigenvalue weighted by atomic mass is 9.97. The van der Waals surface area contributed by atoms with E-state index in [-0.39, 0.29) is 11.9 Å². The number of hydrogen-bond acceptors (Lipinski definition) is 6. The van der Waals surface area contributed by atoms with Crippen molar-refractivity contribution in [3.05, 3.63) is 29.1 Å². The number of quaternary nitrogens is 1. The van der Waals surface area contributed by atoms with Gasteiger partial charge in [0.2, 0.25) is 0 Å². The van der Waals surface area contributed by atoms with E-state index in [1.54, 1.807) is 4.68 Å². The predicted molar refractivity (Wildman–Crippen MR) is 102 cm³/mol. The maximum atomic E-state index is 11.9. The number of esters is 1. The molecule has 1 aliphatic heterocycles. The number of aromatic nitrogens is 2. The number of rotatable bonds is 7. The third-order valence-electron chi connectivity index (χ3n) is 4.71. The monoisotopic (exact) mass is 392 g/mol. The average Bonchev–Trinajstić information content (AvgIpc) is 3.03. The van der Waals surface area contributed by atoms with Crippen LogP contribution in [0.5, 0.6) is 5.75 Å². The van der Waals surface area contributed by atoms with Crippen molar-refractivity contribution in [1.29, 1.82) is 0 Å². The fourth-order valence-electron chi connectivity index (χ4n) is 3.33. The average molecular weight is 393 g/mol. The van der Waals surface area contributed by atoms with Crippen LogP contribution in [0.25, 0.3) is 11.5 Å². The molecule has 146 valence electrons. The van der Waals surface area contributed by atoms with Crippen molar-refractivity contribution in [1.82, 2.24) is 9.78 Å². The molecular weight excluding hydrogens is 366 g/mol. The summed E-state index contributed by atoms with van der Waals surface area (Å²) in [5.74, 6) is 1.12. The van der Waals surface area contributed by atoms with Crippen LogP contribution in [0, 0.1) is 10.8 Å². The van der Waals surface area contributed by atoms with Crippen molar-refractivity contribution in [3.63, 3.8) is 0 Å². The highest BCUT2D eigenvalue weighted by Gasteiger charge is 2.29. The van der Waals surface area contributed by atoms with E-state index >= 15 is 0 Å². The van der Waals surface area contributed by atoms with Gasteiger partial charge in [-0.15, -0.1) is 5.10 Å². The Morgan fingerprint density at radius 3 is 2.74 bits per heavy atom. The van der Waals surface area contributed by atoms with Gasteiger partial charge in [0.1, 0.15) is 5.75 Å². The molecule has 0 atom stereocenters. The molecular formula is C19H26N3O4S+. The van der Waals surface area contributed by atoms with Gasteiger partial charge in [0.15, 0.2) is 6.67 Å². The number of ether oxygens (including phenoxy) is 2. The maximum absolute atomic E-state index is 11.9. The first-order valence-corrected chi connectivity index (χ1v) is 9.83. The molecule has 2 heterocycles. The van der Waals surface area contributed by atoms with Crippen molar-refractivity contribution >= 4 is 18.2 Å². The number of carbonyl (C=O) groups excluding carboxylic acids is 1. The normalized spacial score (nSPS) is 19.6. The molecule has 1 aliphatic rings. The fraction of sp³-hybridized carbons (Fsp3) is 0.526. The van der Waals surface area contributed by atoms with E-state index < -0.39 is 0 Å². The maximum Gasteiger partial charge on any atom is 0.309 e. The SMILES string of the molecule is CCOC(=O)C1CC[NH+](Cn2nc(-c3ccccc3OCC)oc2=S)CC1. The Kier molecular flexibility index (Phi) is 6.63. The van der Waals surface area contributed by atoms with Crippen molar-refractivity contribution < 1.29 is 23.6 Å². The van der Waals surface area contributed by atoms with Crippen molar-refractivity contribution in [2.45, 2.75) is 33.4 Å². The first kappa shape index (κ1) is 19.6. The standard InChI is InChI=1S/C19H25N3O4S/c1-3-24-16-8-6-5-7-15(16)17-20-22(19(27)26-17)13-21-11-9-14(10-12-21)18(23)25-4-2/h5-8,14H,3-4,9-13H2,1-2H3/p+1. The van der Waals surface area contributed by atoms with Crippen LogP contribution in [0.2, 0.25) is 0 Å². The molecule has 0 aliphatic carbocycles. The summed E-state index contributed by atoms with van der Waals surface area (Å²) in [5.41, 5.74) is 0.792. The lowest BCUT2D eigenvalue weighted by Crippen LogP contribution is -3.12. The van der Waals surface area contributed by atoms with E-state index in [2.05, 4.69) is 5.10 Å². The molecule has 1 aromatic carbocycles. The Morgan fingerprint density at radius 1 is 1.30 bits per heavy atom. The van der Waals surface area contributed by atoms with Gasteiger partial charge in [-0.05, 0) is 38.2 Å². The lowest BCUT2D eigenvalue weighted by molar-refractivity contribution is -0.929. The lowest BCUT2D eigenvalue weighted by Gasteiger charge is -2.27. The van der Waals surface area contributed by atoms with Gasteiger partial charge in [-0.3, -0.25) is 4.79 Å². The molecule has 1 fully saturated rings. The number of para-hydroxylation sites is 1. The van der Waals surface area contributed by atoms with Gasteiger partial charge in [-0.2, -0.15) is 4.68 Å². The fourth-order valence-corrected chi connectivity index (χ4v) is 3.52. The molecule has 0 amide bonds. The summed E-state index contributed by atoms with van der Waals surface area (Å²) in [6.07, 6.45) is 1.64. The number of nitrogens with one attached hydrogen (secondary N) is 1. The van der Waals surface area contributed by atoms with Crippen LogP contribution in [0.1, 0.15) is 26.7 Å². The molecule has 0 radical (unpaired) electrons. The molecule has 0 bridgehead atoms. The third kappa shape index (κ3) is 4.75. The largest absolute Gasteiger partial charge is 0.493 e. The molecule has 3 rings (SSSR count). The van der Waals surface area contributed by atoms with E-state index in [1.807, 2.05) is 38.1 Å². The van der Waals surface area contributed by atoms with Crippen molar-refractivity contribution in [2.24, 2.45) is 5.92 Å². The molecule has 1 aromatic heterocycles. The van der Waals surface area contributed by atoms with E-state index in [1.165, 1.54) is 4.90 Å². The molecule has 0 saturated carbocycles. The molecule has 0 unspecified atom stereocenters. The molecule has 1 saturated heterocycles. The molecule has 7 nitrogen and oxygen atoms in total. The summed E-state index contributed by atoms with van der Waals surface area (Å²) in [4.78, 5) is 13.5. The second kappa shape index (κ2) is 9.14. The van der Waals surface area contributed by atoms with Crippen LogP contribution in [0.15, 0.2) is 28.7 Å². The predicted octanol–water partition coefficient (Wildman–Crippen LogP) is 2.09.